The van der Waals surface area contributed by atoms with Gasteiger partial charge in [-0.05, 0) is 36.8 Å². The normalized spacial score (nSPS) is 12.2. The second-order valence-electron chi connectivity index (χ2n) is 7.17. The molecule has 0 radical (unpaired) electrons. The third-order valence-corrected chi connectivity index (χ3v) is 4.25. The van der Waals surface area contributed by atoms with Gasteiger partial charge in [-0.25, -0.2) is 0 Å². The quantitative estimate of drug-likeness (QED) is 0.682. The topological polar surface area (TPSA) is 63.1 Å². The first-order chi connectivity index (χ1) is 14.0. The minimum atomic E-state index is -4.77. The Morgan fingerprint density at radius 3 is 2.20 bits per heavy atom. The van der Waals surface area contributed by atoms with Crippen LogP contribution < -0.4 is 15.0 Å². The number of rotatable bonds is 8. The van der Waals surface area contributed by atoms with Crippen molar-refractivity contribution in [2.45, 2.75) is 19.8 Å². The Bertz CT molecular complexity index is 853. The summed E-state index contributed by atoms with van der Waals surface area (Å²) in [5.41, 5.74) is 2.50. The molecule has 0 aromatic heterocycles. The molecule has 0 saturated carbocycles. The average molecular weight is 424 g/mol. The summed E-state index contributed by atoms with van der Waals surface area (Å²) in [7, 11) is 3.43. The number of hydrogen-bond donors (Lipinski definition) is 2. The lowest BCUT2D eigenvalue weighted by Crippen LogP contribution is -3.11. The van der Waals surface area contributed by atoms with E-state index in [0.717, 1.165) is 23.3 Å². The number of aryl methyl sites for hydroxylation is 1. The summed E-state index contributed by atoms with van der Waals surface area (Å²) in [4.78, 5) is 26.8. The van der Waals surface area contributed by atoms with Crippen LogP contribution in [0.3, 0.4) is 0 Å². The van der Waals surface area contributed by atoms with Gasteiger partial charge < -0.3 is 19.9 Å². The van der Waals surface area contributed by atoms with E-state index in [-0.39, 0.29) is 30.7 Å². The number of amides is 2. The molecule has 0 aliphatic carbocycles. The van der Waals surface area contributed by atoms with E-state index in [1.54, 1.807) is 19.0 Å². The minimum Gasteiger partial charge on any atom is -0.406 e. The Balaban J connectivity index is 1.79. The van der Waals surface area contributed by atoms with Crippen LogP contribution in [0.4, 0.5) is 18.9 Å². The number of halogens is 3. The number of anilines is 1. The Morgan fingerprint density at radius 1 is 1.03 bits per heavy atom. The third-order valence-electron chi connectivity index (χ3n) is 4.25. The van der Waals surface area contributed by atoms with Crippen molar-refractivity contribution in [1.82, 2.24) is 4.90 Å². The second kappa shape index (κ2) is 10.1. The summed E-state index contributed by atoms with van der Waals surface area (Å²) in [5, 5.41) is 2.59. The highest BCUT2D eigenvalue weighted by molar-refractivity contribution is 5.91. The molecule has 1 unspecified atom stereocenters. The van der Waals surface area contributed by atoms with E-state index in [4.69, 9.17) is 0 Å². The molecule has 2 rings (SSSR count). The van der Waals surface area contributed by atoms with E-state index in [2.05, 4.69) is 10.1 Å². The summed E-state index contributed by atoms with van der Waals surface area (Å²) in [6.45, 7) is 2.64. The van der Waals surface area contributed by atoms with E-state index in [1.807, 2.05) is 31.2 Å². The van der Waals surface area contributed by atoms with Gasteiger partial charge in [0.15, 0.2) is 13.1 Å². The molecule has 2 N–H and O–H groups in total. The van der Waals surface area contributed by atoms with Crippen LogP contribution in [0, 0.1) is 6.92 Å². The number of nitrogens with one attached hydrogen (secondary N) is 2. The molecule has 0 aliphatic rings. The van der Waals surface area contributed by atoms with Crippen molar-refractivity contribution in [2.24, 2.45) is 0 Å². The fourth-order valence-electron chi connectivity index (χ4n) is 2.73. The first-order valence-corrected chi connectivity index (χ1v) is 9.28. The molecule has 30 heavy (non-hydrogen) atoms. The van der Waals surface area contributed by atoms with Crippen molar-refractivity contribution < 1.29 is 32.4 Å². The van der Waals surface area contributed by atoms with Crippen molar-refractivity contribution in [3.05, 3.63) is 59.7 Å². The zero-order valence-electron chi connectivity index (χ0n) is 17.0. The van der Waals surface area contributed by atoms with Crippen LogP contribution in [-0.4, -0.2) is 50.3 Å². The largest absolute Gasteiger partial charge is 0.573 e. The molecule has 0 spiro atoms. The number of hydrogen-bond acceptors (Lipinski definition) is 3. The van der Waals surface area contributed by atoms with Crippen LogP contribution in [0.2, 0.25) is 0 Å². The highest BCUT2D eigenvalue weighted by Crippen LogP contribution is 2.23. The van der Waals surface area contributed by atoms with Crippen LogP contribution in [-0.2, 0) is 16.1 Å². The molecular weight excluding hydrogens is 399 g/mol. The number of likely N-dealkylation sites (N-methyl/N-ethyl adjacent to an activating group) is 2. The molecule has 2 aromatic carbocycles. The molecule has 0 aliphatic heterocycles. The summed E-state index contributed by atoms with van der Waals surface area (Å²) in [6, 6.07) is 12.8. The standard InChI is InChI=1S/C21H24F3N3O3/c1-15-4-6-16(7-5-15)12-27(3)20(29)14-26(2)13-19(28)25-17-8-10-18(11-9-17)30-21(22,23)24/h4-11H,12-14H2,1-3H3,(H,25,28)/p+1. The number of benzene rings is 2. The van der Waals surface area contributed by atoms with Crippen LogP contribution in [0.25, 0.3) is 0 Å². The van der Waals surface area contributed by atoms with E-state index < -0.39 is 6.36 Å². The summed E-state index contributed by atoms with van der Waals surface area (Å²) >= 11 is 0. The Morgan fingerprint density at radius 2 is 1.63 bits per heavy atom. The van der Waals surface area contributed by atoms with Gasteiger partial charge in [-0.3, -0.25) is 9.59 Å². The number of carbonyl (C=O) groups excluding carboxylic acids is 2. The second-order valence-corrected chi connectivity index (χ2v) is 7.17. The molecule has 0 saturated heterocycles. The number of quaternary nitrogens is 1. The Hall–Kier alpha value is -3.07. The number of alkyl halides is 3. The van der Waals surface area contributed by atoms with Crippen molar-refractivity contribution in [2.75, 3.05) is 32.5 Å². The van der Waals surface area contributed by atoms with Crippen LogP contribution in [0.15, 0.2) is 48.5 Å². The molecule has 1 atom stereocenters. The molecule has 6 nitrogen and oxygen atoms in total. The van der Waals surface area contributed by atoms with Crippen molar-refractivity contribution in [1.29, 1.82) is 0 Å². The molecule has 162 valence electrons. The molecule has 0 bridgehead atoms. The molecule has 2 amide bonds. The fraction of sp³-hybridized carbons (Fsp3) is 0.333. The van der Waals surface area contributed by atoms with Crippen LogP contribution >= 0.6 is 0 Å². The minimum absolute atomic E-state index is 0.0327. The monoisotopic (exact) mass is 424 g/mol. The maximum absolute atomic E-state index is 12.4. The summed E-state index contributed by atoms with van der Waals surface area (Å²) in [5.74, 6) is -0.828. The van der Waals surface area contributed by atoms with Gasteiger partial charge in [-0.2, -0.15) is 0 Å². The maximum Gasteiger partial charge on any atom is 0.573 e. The van der Waals surface area contributed by atoms with Crippen LogP contribution in [0.5, 0.6) is 5.75 Å². The summed E-state index contributed by atoms with van der Waals surface area (Å²) < 4.78 is 40.3. The van der Waals surface area contributed by atoms with Gasteiger partial charge in [0.2, 0.25) is 0 Å². The molecule has 9 heteroatoms. The molecular formula is C21H25F3N3O3+. The SMILES string of the molecule is Cc1ccc(CN(C)C(=O)C[NH+](C)CC(=O)Nc2ccc(OC(F)(F)F)cc2)cc1. The van der Waals surface area contributed by atoms with E-state index in [0.29, 0.717) is 17.1 Å². The maximum atomic E-state index is 12.4. The number of ether oxygens (including phenoxy) is 1. The first kappa shape index (κ1) is 23.2. The van der Waals surface area contributed by atoms with Gasteiger partial charge in [0.1, 0.15) is 5.75 Å². The smallest absolute Gasteiger partial charge is 0.406 e. The van der Waals surface area contributed by atoms with E-state index >= 15 is 0 Å². The van der Waals surface area contributed by atoms with E-state index in [1.165, 1.54) is 12.1 Å². The zero-order valence-corrected chi connectivity index (χ0v) is 17.0. The highest BCUT2D eigenvalue weighted by atomic mass is 19.4. The van der Waals surface area contributed by atoms with Crippen molar-refractivity contribution >= 4 is 17.5 Å². The fourth-order valence-corrected chi connectivity index (χ4v) is 2.73. The van der Waals surface area contributed by atoms with Gasteiger partial charge in [-0.15, -0.1) is 13.2 Å². The number of carbonyl (C=O) groups is 2. The zero-order chi connectivity index (χ0) is 22.3. The van der Waals surface area contributed by atoms with Gasteiger partial charge in [0.05, 0.1) is 7.05 Å². The van der Waals surface area contributed by atoms with Crippen LogP contribution in [0.1, 0.15) is 11.1 Å². The first-order valence-electron chi connectivity index (χ1n) is 9.28. The molecule has 2 aromatic rings. The molecule has 0 fully saturated rings. The van der Waals surface area contributed by atoms with Gasteiger partial charge in [0, 0.05) is 19.3 Å². The Labute approximate surface area is 173 Å². The number of nitrogens with zero attached hydrogens (tertiary/aromatic N) is 1. The highest BCUT2D eigenvalue weighted by Gasteiger charge is 2.31. The average Bonchev–Trinajstić information content (AvgIpc) is 2.63. The molecule has 0 heterocycles. The van der Waals surface area contributed by atoms with Gasteiger partial charge in [-0.1, -0.05) is 29.8 Å². The predicted molar refractivity (Wildman–Crippen MR) is 106 cm³/mol. The lowest BCUT2D eigenvalue weighted by Gasteiger charge is -2.20. The lowest BCUT2D eigenvalue weighted by molar-refractivity contribution is -0.862. The van der Waals surface area contributed by atoms with E-state index in [9.17, 15) is 22.8 Å². The third kappa shape index (κ3) is 8.12. The Kier molecular flexibility index (Phi) is 7.82. The lowest BCUT2D eigenvalue weighted by atomic mass is 10.1. The van der Waals surface area contributed by atoms with Crippen molar-refractivity contribution in [3.63, 3.8) is 0 Å². The van der Waals surface area contributed by atoms with Gasteiger partial charge in [0.25, 0.3) is 11.8 Å². The predicted octanol–water partition coefficient (Wildman–Crippen LogP) is 2.01. The van der Waals surface area contributed by atoms with Gasteiger partial charge >= 0.3 is 6.36 Å². The summed E-state index contributed by atoms with van der Waals surface area (Å²) in [6.07, 6.45) is -4.77. The van der Waals surface area contributed by atoms with Crippen molar-refractivity contribution in [3.8, 4) is 5.75 Å².